The van der Waals surface area contributed by atoms with Crippen LogP contribution in [0.25, 0.3) is 0 Å². The van der Waals surface area contributed by atoms with Crippen molar-refractivity contribution in [2.45, 2.75) is 26.2 Å². The molecule has 5 nitrogen and oxygen atoms in total. The summed E-state index contributed by atoms with van der Waals surface area (Å²) in [5, 5.41) is 11.0. The standard InChI is InChI=1S/C18H19NO4/c1-3-4-5-13-6-9-15(19(21)22)12-17(13)18(20)14-7-10-16(23-2)11-8-14/h6-12H,3-5H2,1-2H3. The molecule has 0 heterocycles. The van der Waals surface area contributed by atoms with Crippen LogP contribution in [0.1, 0.15) is 41.3 Å². The van der Waals surface area contributed by atoms with Crippen molar-refractivity contribution in [1.29, 1.82) is 0 Å². The number of nitrogens with zero attached hydrogens (tertiary/aromatic N) is 1. The third kappa shape index (κ3) is 3.94. The molecule has 0 N–H and O–H groups in total. The van der Waals surface area contributed by atoms with E-state index in [1.54, 1.807) is 37.4 Å². The van der Waals surface area contributed by atoms with E-state index in [1.807, 2.05) is 0 Å². The maximum Gasteiger partial charge on any atom is 0.270 e. The zero-order chi connectivity index (χ0) is 16.8. The van der Waals surface area contributed by atoms with Crippen molar-refractivity contribution in [3.05, 3.63) is 69.3 Å². The molecular formula is C18H19NO4. The van der Waals surface area contributed by atoms with Crippen LogP contribution in [0.3, 0.4) is 0 Å². The molecule has 0 saturated heterocycles. The van der Waals surface area contributed by atoms with Gasteiger partial charge in [0.25, 0.3) is 5.69 Å². The van der Waals surface area contributed by atoms with Crippen LogP contribution in [-0.2, 0) is 6.42 Å². The quantitative estimate of drug-likeness (QED) is 0.437. The summed E-state index contributed by atoms with van der Waals surface area (Å²) in [6.45, 7) is 2.07. The predicted octanol–water partition coefficient (Wildman–Crippen LogP) is 4.18. The molecule has 0 aliphatic rings. The molecule has 0 fully saturated rings. The minimum Gasteiger partial charge on any atom is -0.497 e. The van der Waals surface area contributed by atoms with Crippen LogP contribution in [-0.4, -0.2) is 17.8 Å². The molecule has 0 aromatic heterocycles. The van der Waals surface area contributed by atoms with Crippen molar-refractivity contribution >= 4 is 11.5 Å². The van der Waals surface area contributed by atoms with E-state index in [0.717, 1.165) is 24.8 Å². The summed E-state index contributed by atoms with van der Waals surface area (Å²) < 4.78 is 5.08. The fourth-order valence-corrected chi connectivity index (χ4v) is 2.37. The van der Waals surface area contributed by atoms with E-state index in [9.17, 15) is 14.9 Å². The van der Waals surface area contributed by atoms with Gasteiger partial charge in [0.2, 0.25) is 0 Å². The molecule has 0 bridgehead atoms. The highest BCUT2D eigenvalue weighted by molar-refractivity contribution is 6.10. The zero-order valence-corrected chi connectivity index (χ0v) is 13.2. The minimum atomic E-state index is -0.478. The Balaban J connectivity index is 2.42. The number of carbonyl (C=O) groups excluding carboxylic acids is 1. The number of aryl methyl sites for hydroxylation is 1. The molecule has 2 aromatic rings. The maximum atomic E-state index is 12.7. The minimum absolute atomic E-state index is 0.0675. The number of ether oxygens (including phenoxy) is 1. The van der Waals surface area contributed by atoms with E-state index in [-0.39, 0.29) is 11.5 Å². The molecular weight excluding hydrogens is 294 g/mol. The number of rotatable bonds is 7. The van der Waals surface area contributed by atoms with Crippen molar-refractivity contribution in [3.8, 4) is 5.75 Å². The van der Waals surface area contributed by atoms with Gasteiger partial charge in [0, 0.05) is 23.3 Å². The summed E-state index contributed by atoms with van der Waals surface area (Å²) >= 11 is 0. The Kier molecular flexibility index (Phi) is 5.46. The third-order valence-electron chi connectivity index (χ3n) is 3.70. The first-order chi connectivity index (χ1) is 11.1. The highest BCUT2D eigenvalue weighted by Crippen LogP contribution is 2.23. The highest BCUT2D eigenvalue weighted by atomic mass is 16.6. The fraction of sp³-hybridized carbons (Fsp3) is 0.278. The van der Waals surface area contributed by atoms with Crippen molar-refractivity contribution in [2.24, 2.45) is 0 Å². The number of benzene rings is 2. The van der Waals surface area contributed by atoms with Crippen molar-refractivity contribution < 1.29 is 14.5 Å². The normalized spacial score (nSPS) is 10.3. The molecule has 0 radical (unpaired) electrons. The third-order valence-corrected chi connectivity index (χ3v) is 3.70. The first kappa shape index (κ1) is 16.7. The molecule has 0 saturated carbocycles. The van der Waals surface area contributed by atoms with Crippen LogP contribution in [0, 0.1) is 10.1 Å². The molecule has 120 valence electrons. The summed E-state index contributed by atoms with van der Waals surface area (Å²) in [6.07, 6.45) is 2.65. The van der Waals surface area contributed by atoms with Gasteiger partial charge in [-0.15, -0.1) is 0 Å². The molecule has 0 aliphatic heterocycles. The Morgan fingerprint density at radius 1 is 1.17 bits per heavy atom. The van der Waals surface area contributed by atoms with Crippen LogP contribution in [0.5, 0.6) is 5.75 Å². The van der Waals surface area contributed by atoms with Crippen molar-refractivity contribution in [2.75, 3.05) is 7.11 Å². The Bertz CT molecular complexity index is 707. The van der Waals surface area contributed by atoms with E-state index in [1.165, 1.54) is 12.1 Å². The monoisotopic (exact) mass is 313 g/mol. The number of carbonyl (C=O) groups is 1. The van der Waals surface area contributed by atoms with E-state index in [2.05, 4.69) is 6.92 Å². The van der Waals surface area contributed by atoms with Gasteiger partial charge in [-0.25, -0.2) is 0 Å². The number of ketones is 1. The fourth-order valence-electron chi connectivity index (χ4n) is 2.37. The second-order valence-electron chi connectivity index (χ2n) is 5.26. The molecule has 0 spiro atoms. The van der Waals surface area contributed by atoms with E-state index >= 15 is 0 Å². The van der Waals surface area contributed by atoms with E-state index in [0.29, 0.717) is 16.9 Å². The SMILES string of the molecule is CCCCc1ccc([N+](=O)[O-])cc1C(=O)c1ccc(OC)cc1. The number of nitro groups is 1. The number of nitro benzene ring substituents is 1. The van der Waals surface area contributed by atoms with Crippen LogP contribution < -0.4 is 4.74 Å². The molecule has 0 unspecified atom stereocenters. The predicted molar refractivity (Wildman–Crippen MR) is 88.1 cm³/mol. The highest BCUT2D eigenvalue weighted by Gasteiger charge is 2.18. The summed E-state index contributed by atoms with van der Waals surface area (Å²) in [7, 11) is 1.56. The first-order valence-corrected chi connectivity index (χ1v) is 7.53. The Morgan fingerprint density at radius 3 is 2.43 bits per heavy atom. The molecule has 5 heteroatoms. The van der Waals surface area contributed by atoms with Crippen LogP contribution in [0.15, 0.2) is 42.5 Å². The second-order valence-corrected chi connectivity index (χ2v) is 5.26. The molecule has 0 aliphatic carbocycles. The lowest BCUT2D eigenvalue weighted by atomic mass is 9.95. The van der Waals surface area contributed by atoms with Gasteiger partial charge in [-0.05, 0) is 42.7 Å². The largest absolute Gasteiger partial charge is 0.497 e. The number of hydrogen-bond donors (Lipinski definition) is 0. The van der Waals surface area contributed by atoms with E-state index < -0.39 is 4.92 Å². The lowest BCUT2D eigenvalue weighted by Gasteiger charge is -2.09. The summed E-state index contributed by atoms with van der Waals surface area (Å²) in [6, 6.07) is 11.3. The lowest BCUT2D eigenvalue weighted by molar-refractivity contribution is -0.384. The van der Waals surface area contributed by atoms with Crippen molar-refractivity contribution in [3.63, 3.8) is 0 Å². The number of unbranched alkanes of at least 4 members (excludes halogenated alkanes) is 1. The van der Waals surface area contributed by atoms with Gasteiger partial charge < -0.3 is 4.74 Å². The van der Waals surface area contributed by atoms with E-state index in [4.69, 9.17) is 4.74 Å². The number of non-ortho nitro benzene ring substituents is 1. The number of methoxy groups -OCH3 is 1. The Labute approximate surface area is 135 Å². The van der Waals surface area contributed by atoms with Crippen LogP contribution in [0.2, 0.25) is 0 Å². The van der Waals surface area contributed by atoms with Gasteiger partial charge in [-0.3, -0.25) is 14.9 Å². The van der Waals surface area contributed by atoms with Gasteiger partial charge in [0.1, 0.15) is 5.75 Å². The Morgan fingerprint density at radius 2 is 1.87 bits per heavy atom. The molecule has 2 rings (SSSR count). The average molecular weight is 313 g/mol. The Hall–Kier alpha value is -2.69. The zero-order valence-electron chi connectivity index (χ0n) is 13.2. The van der Waals surface area contributed by atoms with Crippen molar-refractivity contribution in [1.82, 2.24) is 0 Å². The van der Waals surface area contributed by atoms with Gasteiger partial charge in [0.05, 0.1) is 12.0 Å². The molecule has 23 heavy (non-hydrogen) atoms. The lowest BCUT2D eigenvalue weighted by Crippen LogP contribution is -2.07. The molecule has 0 atom stereocenters. The smallest absolute Gasteiger partial charge is 0.270 e. The maximum absolute atomic E-state index is 12.7. The van der Waals surface area contributed by atoms with Gasteiger partial charge in [-0.2, -0.15) is 0 Å². The second kappa shape index (κ2) is 7.54. The summed E-state index contributed by atoms with van der Waals surface area (Å²) in [5.74, 6) is 0.453. The van der Waals surface area contributed by atoms with Crippen LogP contribution in [0.4, 0.5) is 5.69 Å². The van der Waals surface area contributed by atoms with Crippen LogP contribution >= 0.6 is 0 Å². The topological polar surface area (TPSA) is 69.4 Å². The molecule has 2 aromatic carbocycles. The first-order valence-electron chi connectivity index (χ1n) is 7.53. The van der Waals surface area contributed by atoms with Gasteiger partial charge in [-0.1, -0.05) is 19.4 Å². The molecule has 0 amide bonds. The summed E-state index contributed by atoms with van der Waals surface area (Å²) in [5.41, 5.74) is 1.67. The van der Waals surface area contributed by atoms with Gasteiger partial charge >= 0.3 is 0 Å². The number of hydrogen-bond acceptors (Lipinski definition) is 4. The van der Waals surface area contributed by atoms with Gasteiger partial charge in [0.15, 0.2) is 5.78 Å². The summed E-state index contributed by atoms with van der Waals surface area (Å²) in [4.78, 5) is 23.3. The average Bonchev–Trinajstić information content (AvgIpc) is 2.59.